The van der Waals surface area contributed by atoms with E-state index in [4.69, 9.17) is 4.74 Å². The lowest BCUT2D eigenvalue weighted by Crippen LogP contribution is -2.27. The maximum Gasteiger partial charge on any atom is 0.334 e. The molecular formula is C11H20O3. The zero-order valence-corrected chi connectivity index (χ0v) is 9.12. The first-order chi connectivity index (χ1) is 6.74. The van der Waals surface area contributed by atoms with E-state index in [1.807, 2.05) is 0 Å². The molecule has 0 saturated heterocycles. The third-order valence-corrected chi connectivity index (χ3v) is 2.73. The molecule has 0 aliphatic heterocycles. The fourth-order valence-electron chi connectivity index (χ4n) is 1.89. The largest absolute Gasteiger partial charge is 0.467 e. The molecule has 0 radical (unpaired) electrons. The third kappa shape index (κ3) is 3.66. The molecule has 0 unspecified atom stereocenters. The topological polar surface area (TPSA) is 35.5 Å². The Morgan fingerprint density at radius 1 is 1.21 bits per heavy atom. The van der Waals surface area contributed by atoms with Crippen molar-refractivity contribution in [3.8, 4) is 0 Å². The summed E-state index contributed by atoms with van der Waals surface area (Å²) in [5.74, 6) is -0.269. The van der Waals surface area contributed by atoms with Crippen molar-refractivity contribution in [1.82, 2.24) is 0 Å². The van der Waals surface area contributed by atoms with E-state index in [9.17, 15) is 4.79 Å². The summed E-state index contributed by atoms with van der Waals surface area (Å²) in [6, 6.07) is 0. The summed E-state index contributed by atoms with van der Waals surface area (Å²) in [4.78, 5) is 11.1. The predicted octanol–water partition coefficient (Wildman–Crippen LogP) is 2.29. The van der Waals surface area contributed by atoms with Crippen LogP contribution in [0, 0.1) is 0 Å². The maximum atomic E-state index is 11.1. The molecule has 0 aromatic carbocycles. The molecule has 1 rings (SSSR count). The van der Waals surface area contributed by atoms with Crippen LogP contribution < -0.4 is 0 Å². The predicted molar refractivity (Wildman–Crippen MR) is 54.1 cm³/mol. The highest BCUT2D eigenvalue weighted by Crippen LogP contribution is 2.20. The average molecular weight is 200 g/mol. The molecule has 1 aliphatic rings. The lowest BCUT2D eigenvalue weighted by Gasteiger charge is -2.19. The van der Waals surface area contributed by atoms with Crippen molar-refractivity contribution >= 4 is 5.97 Å². The summed E-state index contributed by atoms with van der Waals surface area (Å²) in [5.41, 5.74) is 0. The van der Waals surface area contributed by atoms with Gasteiger partial charge in [-0.3, -0.25) is 0 Å². The van der Waals surface area contributed by atoms with Gasteiger partial charge in [-0.15, -0.1) is 0 Å². The van der Waals surface area contributed by atoms with Crippen molar-refractivity contribution in [3.63, 3.8) is 0 Å². The van der Waals surface area contributed by atoms with Crippen molar-refractivity contribution in [2.24, 2.45) is 0 Å². The van der Waals surface area contributed by atoms with E-state index in [-0.39, 0.29) is 12.1 Å². The first-order valence-corrected chi connectivity index (χ1v) is 5.47. The van der Waals surface area contributed by atoms with Crippen molar-refractivity contribution in [2.45, 2.75) is 57.7 Å². The monoisotopic (exact) mass is 200 g/mol. The lowest BCUT2D eigenvalue weighted by atomic mass is 10.1. The van der Waals surface area contributed by atoms with Crippen LogP contribution in [0.3, 0.4) is 0 Å². The maximum absolute atomic E-state index is 11.1. The SMILES string of the molecule is COC(=O)[C@H](C)OC1CCCCCC1. The average Bonchev–Trinajstić information content (AvgIpc) is 2.45. The van der Waals surface area contributed by atoms with Crippen LogP contribution in [0.5, 0.6) is 0 Å². The Kier molecular flexibility index (Phi) is 4.94. The van der Waals surface area contributed by atoms with Gasteiger partial charge >= 0.3 is 5.97 Å². The first-order valence-electron chi connectivity index (χ1n) is 5.47. The molecule has 0 bridgehead atoms. The standard InChI is InChI=1S/C11H20O3/c1-9(11(12)13-2)14-10-7-5-3-4-6-8-10/h9-10H,3-8H2,1-2H3/t9-/m0/s1. The van der Waals surface area contributed by atoms with Crippen molar-refractivity contribution in [1.29, 1.82) is 0 Å². The second-order valence-corrected chi connectivity index (χ2v) is 3.92. The van der Waals surface area contributed by atoms with Crippen molar-refractivity contribution < 1.29 is 14.3 Å². The van der Waals surface area contributed by atoms with Gasteiger partial charge in [-0.05, 0) is 19.8 Å². The fraction of sp³-hybridized carbons (Fsp3) is 0.909. The molecule has 0 amide bonds. The second-order valence-electron chi connectivity index (χ2n) is 3.92. The Bertz CT molecular complexity index is 171. The lowest BCUT2D eigenvalue weighted by molar-refractivity contribution is -0.156. The minimum atomic E-state index is -0.414. The molecule has 0 aromatic rings. The van der Waals surface area contributed by atoms with Crippen LogP contribution in [-0.2, 0) is 14.3 Å². The first kappa shape index (κ1) is 11.5. The van der Waals surface area contributed by atoms with Crippen LogP contribution in [0.2, 0.25) is 0 Å². The van der Waals surface area contributed by atoms with E-state index in [0.717, 1.165) is 12.8 Å². The van der Waals surface area contributed by atoms with E-state index in [1.54, 1.807) is 6.92 Å². The van der Waals surface area contributed by atoms with Crippen LogP contribution in [0.4, 0.5) is 0 Å². The minimum absolute atomic E-state index is 0.256. The molecule has 0 N–H and O–H groups in total. The van der Waals surface area contributed by atoms with Gasteiger partial charge in [-0.2, -0.15) is 0 Å². The molecule has 1 fully saturated rings. The van der Waals surface area contributed by atoms with E-state index < -0.39 is 6.10 Å². The van der Waals surface area contributed by atoms with Gasteiger partial charge in [-0.25, -0.2) is 4.79 Å². The Hall–Kier alpha value is -0.570. The van der Waals surface area contributed by atoms with E-state index in [2.05, 4.69) is 4.74 Å². The summed E-state index contributed by atoms with van der Waals surface area (Å²) in [6.45, 7) is 1.76. The zero-order valence-electron chi connectivity index (χ0n) is 9.12. The van der Waals surface area contributed by atoms with Crippen LogP contribution >= 0.6 is 0 Å². The quantitative estimate of drug-likeness (QED) is 0.518. The van der Waals surface area contributed by atoms with Gasteiger partial charge in [0.2, 0.25) is 0 Å². The van der Waals surface area contributed by atoms with Crippen molar-refractivity contribution in [2.75, 3.05) is 7.11 Å². The summed E-state index contributed by atoms with van der Waals surface area (Å²) in [5, 5.41) is 0. The normalized spacial score (nSPS) is 21.3. The number of rotatable bonds is 3. The van der Waals surface area contributed by atoms with Gasteiger partial charge in [0, 0.05) is 0 Å². The van der Waals surface area contributed by atoms with Crippen molar-refractivity contribution in [3.05, 3.63) is 0 Å². The highest BCUT2D eigenvalue weighted by atomic mass is 16.6. The van der Waals surface area contributed by atoms with Gasteiger partial charge in [0.05, 0.1) is 13.2 Å². The van der Waals surface area contributed by atoms with Crippen LogP contribution in [0.25, 0.3) is 0 Å². The number of esters is 1. The number of carbonyl (C=O) groups is 1. The molecule has 1 aliphatic carbocycles. The van der Waals surface area contributed by atoms with E-state index >= 15 is 0 Å². The molecule has 0 heterocycles. The number of hydrogen-bond acceptors (Lipinski definition) is 3. The molecular weight excluding hydrogens is 180 g/mol. The molecule has 1 atom stereocenters. The van der Waals surface area contributed by atoms with E-state index in [0.29, 0.717) is 0 Å². The minimum Gasteiger partial charge on any atom is -0.467 e. The zero-order chi connectivity index (χ0) is 10.4. The second kappa shape index (κ2) is 6.02. The molecule has 82 valence electrons. The Morgan fingerprint density at radius 3 is 2.29 bits per heavy atom. The number of hydrogen-bond donors (Lipinski definition) is 0. The van der Waals surface area contributed by atoms with Crippen LogP contribution in [-0.4, -0.2) is 25.3 Å². The van der Waals surface area contributed by atoms with Crippen LogP contribution in [0.1, 0.15) is 45.4 Å². The molecule has 0 aromatic heterocycles. The van der Waals surface area contributed by atoms with Gasteiger partial charge < -0.3 is 9.47 Å². The summed E-state index contributed by atoms with van der Waals surface area (Å²) in [7, 11) is 1.40. The third-order valence-electron chi connectivity index (χ3n) is 2.73. The summed E-state index contributed by atoms with van der Waals surface area (Å²) < 4.78 is 10.3. The van der Waals surface area contributed by atoms with Crippen LogP contribution in [0.15, 0.2) is 0 Å². The Balaban J connectivity index is 2.30. The van der Waals surface area contributed by atoms with Gasteiger partial charge in [0.15, 0.2) is 6.10 Å². The number of carbonyl (C=O) groups excluding carboxylic acids is 1. The highest BCUT2D eigenvalue weighted by molar-refractivity contribution is 5.73. The summed E-state index contributed by atoms with van der Waals surface area (Å²) >= 11 is 0. The fourth-order valence-corrected chi connectivity index (χ4v) is 1.89. The summed E-state index contributed by atoms with van der Waals surface area (Å²) in [6.07, 6.45) is 7.05. The molecule has 14 heavy (non-hydrogen) atoms. The molecule has 0 spiro atoms. The molecule has 3 heteroatoms. The number of methoxy groups -OCH3 is 1. The van der Waals surface area contributed by atoms with Gasteiger partial charge in [0.1, 0.15) is 0 Å². The van der Waals surface area contributed by atoms with Gasteiger partial charge in [0.25, 0.3) is 0 Å². The van der Waals surface area contributed by atoms with E-state index in [1.165, 1.54) is 32.8 Å². The Morgan fingerprint density at radius 2 is 1.79 bits per heavy atom. The Labute approximate surface area is 85.8 Å². The van der Waals surface area contributed by atoms with Gasteiger partial charge in [-0.1, -0.05) is 25.7 Å². The highest BCUT2D eigenvalue weighted by Gasteiger charge is 2.20. The molecule has 3 nitrogen and oxygen atoms in total. The smallest absolute Gasteiger partial charge is 0.334 e. The molecule has 1 saturated carbocycles. The number of ether oxygens (including phenoxy) is 2.